The lowest BCUT2D eigenvalue weighted by atomic mass is 9.94. The van der Waals surface area contributed by atoms with Crippen molar-refractivity contribution >= 4 is 44.1 Å². The summed E-state index contributed by atoms with van der Waals surface area (Å²) in [6, 6.07) is 17.2. The molecule has 3 aromatic heterocycles. The fraction of sp³-hybridized carbons (Fsp3) is 0.500. The fourth-order valence-corrected chi connectivity index (χ4v) is 13.4. The summed E-state index contributed by atoms with van der Waals surface area (Å²) in [4.78, 5) is 40.6. The molecular formula is C72H86N8O6. The highest BCUT2D eigenvalue weighted by atomic mass is 16.5. The van der Waals surface area contributed by atoms with Crippen LogP contribution in [-0.2, 0) is 9.47 Å². The number of nitrogens with one attached hydrogen (secondary N) is 2. The summed E-state index contributed by atoms with van der Waals surface area (Å²) in [6.45, 7) is 20.4. The molecule has 450 valence electrons. The van der Waals surface area contributed by atoms with Gasteiger partial charge in [0.2, 0.25) is 0 Å². The van der Waals surface area contributed by atoms with Crippen LogP contribution >= 0.6 is 0 Å². The van der Waals surface area contributed by atoms with E-state index in [1.165, 1.54) is 0 Å². The van der Waals surface area contributed by atoms with Crippen molar-refractivity contribution in [3.05, 3.63) is 95.1 Å². The van der Waals surface area contributed by atoms with Gasteiger partial charge in [-0.3, -0.25) is 0 Å². The van der Waals surface area contributed by atoms with Crippen molar-refractivity contribution in [2.45, 2.75) is 183 Å². The van der Waals surface area contributed by atoms with E-state index in [1.807, 2.05) is 0 Å². The lowest BCUT2D eigenvalue weighted by Gasteiger charge is -2.20. The zero-order valence-electron chi connectivity index (χ0n) is 51.8. The predicted molar refractivity (Wildman–Crippen MR) is 343 cm³/mol. The molecule has 14 heteroatoms. The Bertz CT molecular complexity index is 3420. The van der Waals surface area contributed by atoms with Gasteiger partial charge < -0.3 is 38.4 Å². The number of nitrogens with zero attached hydrogens (tertiary/aromatic N) is 6. The molecule has 0 aliphatic carbocycles. The van der Waals surface area contributed by atoms with Crippen molar-refractivity contribution in [3.63, 3.8) is 0 Å². The first-order valence-corrected chi connectivity index (χ1v) is 32.9. The number of H-pyrrole nitrogens is 2. The average Bonchev–Trinajstić information content (AvgIpc) is 1.98. The van der Waals surface area contributed by atoms with Crippen LogP contribution in [0.4, 0.5) is 0 Å². The third-order valence-corrected chi connectivity index (χ3v) is 19.2. The molecule has 6 aliphatic heterocycles. The van der Waals surface area contributed by atoms with Crippen molar-refractivity contribution in [1.29, 1.82) is 0 Å². The molecule has 2 N–H and O–H groups in total. The summed E-state index contributed by atoms with van der Waals surface area (Å²) in [5.41, 5.74) is 10.1. The molecular weight excluding hydrogens is 1070 g/mol. The first-order chi connectivity index (χ1) is 42.2. The van der Waals surface area contributed by atoms with Crippen molar-refractivity contribution in [3.8, 4) is 68.5 Å². The molecule has 86 heavy (non-hydrogen) atoms. The van der Waals surface area contributed by atoms with E-state index in [0.717, 1.165) is 169 Å². The van der Waals surface area contributed by atoms with Crippen LogP contribution in [0.3, 0.4) is 0 Å². The molecule has 12 bridgehead atoms. The van der Waals surface area contributed by atoms with Crippen LogP contribution in [0.15, 0.2) is 72.8 Å². The number of benzene rings is 4. The minimum atomic E-state index is -0.142. The van der Waals surface area contributed by atoms with Gasteiger partial charge >= 0.3 is 0 Å². The number of aromatic amines is 2. The van der Waals surface area contributed by atoms with Gasteiger partial charge in [-0.05, 0) is 120 Å². The summed E-state index contributed by atoms with van der Waals surface area (Å²) in [5.74, 6) is 6.34. The topological polar surface area (TPSA) is 164 Å². The van der Waals surface area contributed by atoms with E-state index in [0.29, 0.717) is 119 Å². The minimum absolute atomic E-state index is 0.142. The standard InChI is InChI=1S/C72H86N8O6/c1-9-17-21-41(13-5)37-81-61-33-53-54(34-62(61)82-38-42(14-6)22-18-10-2)70-76-66-51-31-47-48(60-28-27-59(47)86-60)32-52(51)68(74-66)78-72-56-36-64(84-40-44(16-8)24-20-12-4)63(83-39-43(15-7)23-19-11-3)35-55(56)71(80-72)77-67-50-30-46-45(57-25-26-58(46)85-57)29-49(50)65(73-67)75-69(53)79-70/h25-36,41-44,57-60H,9-24,37-40H2,1-8H3,(H2,73,74,75,76,77,78,79,80). The number of ether oxygens (including phenoxy) is 6. The Morgan fingerprint density at radius 2 is 0.593 bits per heavy atom. The van der Waals surface area contributed by atoms with Crippen LogP contribution in [0, 0.1) is 23.7 Å². The second kappa shape index (κ2) is 25.3. The van der Waals surface area contributed by atoms with Crippen LogP contribution in [0.2, 0.25) is 0 Å². The summed E-state index contributed by atoms with van der Waals surface area (Å²) < 4.78 is 40.7. The Labute approximate surface area is 506 Å². The summed E-state index contributed by atoms with van der Waals surface area (Å²) >= 11 is 0. The van der Waals surface area contributed by atoms with E-state index in [2.05, 4.69) is 138 Å². The van der Waals surface area contributed by atoms with E-state index in [4.69, 9.17) is 58.3 Å². The molecule has 4 aromatic carbocycles. The largest absolute Gasteiger partial charge is 0.489 e. The van der Waals surface area contributed by atoms with Gasteiger partial charge in [0.05, 0.1) is 26.4 Å². The molecule has 0 fully saturated rings. The first-order valence-electron chi connectivity index (χ1n) is 32.9. The third kappa shape index (κ3) is 11.2. The van der Waals surface area contributed by atoms with Gasteiger partial charge in [0, 0.05) is 43.8 Å². The van der Waals surface area contributed by atoms with Gasteiger partial charge in [-0.25, -0.2) is 29.9 Å². The predicted octanol–water partition coefficient (Wildman–Crippen LogP) is 18.6. The van der Waals surface area contributed by atoms with Crippen molar-refractivity contribution in [2.75, 3.05) is 26.4 Å². The second-order valence-corrected chi connectivity index (χ2v) is 25.0. The van der Waals surface area contributed by atoms with E-state index >= 15 is 0 Å². The Morgan fingerprint density at radius 3 is 0.814 bits per heavy atom. The number of fused-ring (bicyclic) bond motifs is 30. The summed E-state index contributed by atoms with van der Waals surface area (Å²) in [5, 5.41) is 3.58. The quantitative estimate of drug-likeness (QED) is 0.0447. The van der Waals surface area contributed by atoms with E-state index in [1.54, 1.807) is 0 Å². The number of hydrogen-bond acceptors (Lipinski definition) is 12. The number of rotatable bonds is 28. The Kier molecular flexibility index (Phi) is 17.0. The molecule has 0 amide bonds. The molecule has 9 heterocycles. The van der Waals surface area contributed by atoms with Gasteiger partial charge in [-0.2, -0.15) is 0 Å². The van der Waals surface area contributed by atoms with Crippen molar-refractivity contribution < 1.29 is 28.4 Å². The first kappa shape index (κ1) is 57.9. The monoisotopic (exact) mass is 1160 g/mol. The van der Waals surface area contributed by atoms with Gasteiger partial charge in [0.25, 0.3) is 0 Å². The molecule has 6 aliphatic rings. The number of unbranched alkanes of at least 4 members (excludes halogenated alkanes) is 4. The van der Waals surface area contributed by atoms with E-state index in [9.17, 15) is 0 Å². The molecule has 14 nitrogen and oxygen atoms in total. The lowest BCUT2D eigenvalue weighted by Crippen LogP contribution is -2.14. The third-order valence-electron chi connectivity index (χ3n) is 19.2. The van der Waals surface area contributed by atoms with Crippen LogP contribution < -0.4 is 18.9 Å². The molecule has 0 spiro atoms. The molecule has 0 saturated carbocycles. The Morgan fingerprint density at radius 1 is 0.349 bits per heavy atom. The molecule has 7 aromatic rings. The molecule has 0 saturated heterocycles. The van der Waals surface area contributed by atoms with Crippen LogP contribution in [-0.4, -0.2) is 66.3 Å². The maximum absolute atomic E-state index is 6.94. The smallest absolute Gasteiger partial charge is 0.164 e. The Hall–Kier alpha value is -7.16. The van der Waals surface area contributed by atoms with Gasteiger partial charge in [-0.1, -0.05) is 157 Å². The number of aromatic nitrogens is 8. The molecule has 8 atom stereocenters. The fourth-order valence-electron chi connectivity index (χ4n) is 13.4. The zero-order valence-corrected chi connectivity index (χ0v) is 51.8. The van der Waals surface area contributed by atoms with Crippen LogP contribution in [0.5, 0.6) is 23.0 Å². The normalized spacial score (nSPS) is 18.8. The highest BCUT2D eigenvalue weighted by Gasteiger charge is 2.37. The summed E-state index contributed by atoms with van der Waals surface area (Å²) in [7, 11) is 0. The van der Waals surface area contributed by atoms with Crippen molar-refractivity contribution in [1.82, 2.24) is 39.9 Å². The Balaban J connectivity index is 1.06. The molecule has 13 rings (SSSR count). The zero-order chi connectivity index (χ0) is 59.0. The highest BCUT2D eigenvalue weighted by molar-refractivity contribution is 6.07. The van der Waals surface area contributed by atoms with Crippen LogP contribution in [0.25, 0.3) is 89.7 Å². The van der Waals surface area contributed by atoms with Gasteiger partial charge in [0.1, 0.15) is 47.0 Å². The van der Waals surface area contributed by atoms with E-state index in [-0.39, 0.29) is 24.4 Å². The molecule has 0 radical (unpaired) electrons. The minimum Gasteiger partial charge on any atom is -0.489 e. The maximum Gasteiger partial charge on any atom is 0.164 e. The maximum atomic E-state index is 6.94. The molecule has 8 unspecified atom stereocenters. The average molecular weight is 1160 g/mol. The van der Waals surface area contributed by atoms with Crippen molar-refractivity contribution in [2.24, 2.45) is 23.7 Å². The van der Waals surface area contributed by atoms with Gasteiger partial charge in [-0.15, -0.1) is 0 Å². The summed E-state index contributed by atoms with van der Waals surface area (Å²) in [6.07, 6.45) is 25.7. The number of hydrogen-bond donors (Lipinski definition) is 2. The second-order valence-electron chi connectivity index (χ2n) is 25.0. The SMILES string of the molecule is CCCCC(CC)COc1cc2c(cc1OCC(CC)CCCC)-c1nc-2nc2[nH]c(nc3nc(nc4[nH]c(n1)c1cc5c(cc41)C1C=CC5O1)-c1cc(OCC(CC)CCCC)c(OCC(CC)CCCC)cc1-3)c1cc3c(cc21)C1C=CC3O1. The highest BCUT2D eigenvalue weighted by Crippen LogP contribution is 2.51. The van der Waals surface area contributed by atoms with E-state index < -0.39 is 0 Å². The van der Waals surface area contributed by atoms with Gasteiger partial charge in [0.15, 0.2) is 46.3 Å². The lowest BCUT2D eigenvalue weighted by molar-refractivity contribution is 0.0878. The van der Waals surface area contributed by atoms with Crippen LogP contribution in [0.1, 0.15) is 205 Å².